The van der Waals surface area contributed by atoms with E-state index in [4.69, 9.17) is 16.3 Å². The van der Waals surface area contributed by atoms with Crippen molar-refractivity contribution in [1.29, 1.82) is 0 Å². The minimum Gasteiger partial charge on any atom is -0.377 e. The van der Waals surface area contributed by atoms with Crippen molar-refractivity contribution in [1.82, 2.24) is 9.88 Å². The van der Waals surface area contributed by atoms with Crippen LogP contribution in [0.3, 0.4) is 0 Å². The number of H-pyrrole nitrogens is 1. The van der Waals surface area contributed by atoms with Crippen molar-refractivity contribution in [2.24, 2.45) is 0 Å². The predicted octanol–water partition coefficient (Wildman–Crippen LogP) is 2.18. The van der Waals surface area contributed by atoms with Crippen molar-refractivity contribution >= 4 is 28.4 Å². The summed E-state index contributed by atoms with van der Waals surface area (Å²) < 4.78 is 19.2. The predicted molar refractivity (Wildman–Crippen MR) is 80.9 cm³/mol. The molecule has 1 aliphatic heterocycles. The number of nitrogens with one attached hydrogen (secondary N) is 1. The largest absolute Gasteiger partial charge is 0.377 e. The van der Waals surface area contributed by atoms with E-state index in [2.05, 4.69) is 4.98 Å². The molecule has 2 heterocycles. The van der Waals surface area contributed by atoms with E-state index in [0.29, 0.717) is 19.8 Å². The van der Waals surface area contributed by atoms with Gasteiger partial charge in [-0.05, 0) is 19.1 Å². The van der Waals surface area contributed by atoms with Crippen LogP contribution < -0.4 is 5.43 Å². The number of amides is 1. The molecule has 1 aliphatic rings. The molecule has 1 unspecified atom stereocenters. The first kappa shape index (κ1) is 15.0. The third kappa shape index (κ3) is 2.38. The number of carbonyl (C=O) groups excluding carboxylic acids is 1. The Morgan fingerprint density at radius 3 is 3.00 bits per heavy atom. The van der Waals surface area contributed by atoms with Crippen LogP contribution in [0.4, 0.5) is 4.39 Å². The van der Waals surface area contributed by atoms with Crippen LogP contribution in [-0.4, -0.2) is 41.6 Å². The molecule has 1 amide bonds. The van der Waals surface area contributed by atoms with Gasteiger partial charge in [0.2, 0.25) is 5.43 Å². The van der Waals surface area contributed by atoms with Crippen molar-refractivity contribution in [3.63, 3.8) is 0 Å². The number of nitrogens with zero attached hydrogens (tertiary/aromatic N) is 1. The Labute approximate surface area is 130 Å². The monoisotopic (exact) mass is 324 g/mol. The summed E-state index contributed by atoms with van der Waals surface area (Å²) in [7, 11) is 0. The van der Waals surface area contributed by atoms with Crippen molar-refractivity contribution in [2.75, 3.05) is 19.8 Å². The molecular formula is C15H14ClFN2O3. The fourth-order valence-electron chi connectivity index (χ4n) is 2.58. The zero-order valence-electron chi connectivity index (χ0n) is 11.9. The lowest BCUT2D eigenvalue weighted by Gasteiger charge is -2.33. The van der Waals surface area contributed by atoms with Gasteiger partial charge in [-0.3, -0.25) is 9.59 Å². The van der Waals surface area contributed by atoms with Crippen LogP contribution in [0.25, 0.3) is 10.9 Å². The molecule has 1 aromatic carbocycles. The third-order valence-electron chi connectivity index (χ3n) is 3.80. The molecule has 1 aromatic heterocycles. The van der Waals surface area contributed by atoms with E-state index in [1.165, 1.54) is 18.3 Å². The second kappa shape index (κ2) is 5.70. The number of aromatic nitrogens is 1. The fraction of sp³-hybridized carbons (Fsp3) is 0.333. The number of ether oxygens (including phenoxy) is 1. The second-order valence-electron chi connectivity index (χ2n) is 5.24. The molecule has 1 N–H and O–H groups in total. The van der Waals surface area contributed by atoms with Crippen molar-refractivity contribution in [2.45, 2.75) is 13.0 Å². The number of fused-ring (bicyclic) bond motifs is 1. The number of rotatable bonds is 1. The van der Waals surface area contributed by atoms with E-state index in [0.717, 1.165) is 0 Å². The van der Waals surface area contributed by atoms with E-state index in [-0.39, 0.29) is 33.4 Å². The van der Waals surface area contributed by atoms with E-state index in [9.17, 15) is 14.0 Å². The van der Waals surface area contributed by atoms with Crippen molar-refractivity contribution in [3.05, 3.63) is 45.0 Å². The van der Waals surface area contributed by atoms with Crippen LogP contribution in [0.15, 0.2) is 23.1 Å². The Kier molecular flexibility index (Phi) is 3.88. The van der Waals surface area contributed by atoms with Gasteiger partial charge >= 0.3 is 0 Å². The van der Waals surface area contributed by atoms with E-state index < -0.39 is 11.2 Å². The molecule has 1 atom stereocenters. The topological polar surface area (TPSA) is 62.4 Å². The summed E-state index contributed by atoms with van der Waals surface area (Å²) in [6, 6.07) is 2.61. The fourth-order valence-corrected chi connectivity index (χ4v) is 2.74. The zero-order chi connectivity index (χ0) is 15.9. The smallest absolute Gasteiger partial charge is 0.259 e. The number of halogens is 2. The first-order valence-electron chi connectivity index (χ1n) is 6.89. The number of aromatic amines is 1. The second-order valence-corrected chi connectivity index (χ2v) is 5.65. The van der Waals surface area contributed by atoms with Gasteiger partial charge in [-0.1, -0.05) is 11.6 Å². The average molecular weight is 325 g/mol. The minimum absolute atomic E-state index is 0.00377. The molecule has 7 heteroatoms. The first-order chi connectivity index (χ1) is 10.5. The Morgan fingerprint density at radius 1 is 1.50 bits per heavy atom. The summed E-state index contributed by atoms with van der Waals surface area (Å²) in [6.45, 7) is 3.14. The lowest BCUT2D eigenvalue weighted by atomic mass is 10.1. The molecule has 1 fully saturated rings. The van der Waals surface area contributed by atoms with Gasteiger partial charge in [-0.2, -0.15) is 0 Å². The maximum Gasteiger partial charge on any atom is 0.259 e. The molecule has 0 spiro atoms. The number of pyridine rings is 1. The van der Waals surface area contributed by atoms with Gasteiger partial charge in [-0.15, -0.1) is 0 Å². The molecule has 0 saturated carbocycles. The Hall–Kier alpha value is -1.92. The first-order valence-corrected chi connectivity index (χ1v) is 7.26. The number of morpholine rings is 1. The highest BCUT2D eigenvalue weighted by Gasteiger charge is 2.27. The van der Waals surface area contributed by atoms with Gasteiger partial charge < -0.3 is 14.6 Å². The molecule has 22 heavy (non-hydrogen) atoms. The highest BCUT2D eigenvalue weighted by molar-refractivity contribution is 6.31. The Morgan fingerprint density at radius 2 is 2.27 bits per heavy atom. The molecule has 0 bridgehead atoms. The highest BCUT2D eigenvalue weighted by Crippen LogP contribution is 2.21. The van der Waals surface area contributed by atoms with Crippen LogP contribution >= 0.6 is 11.6 Å². The minimum atomic E-state index is -0.699. The summed E-state index contributed by atoms with van der Waals surface area (Å²) in [6.07, 6.45) is 1.24. The molecule has 116 valence electrons. The molecule has 2 aromatic rings. The summed E-state index contributed by atoms with van der Waals surface area (Å²) in [4.78, 5) is 29.3. The standard InChI is InChI=1S/C15H14ClFN2O3/c1-8-7-22-5-4-19(8)15(21)10-6-18-13-9(14(10)20)2-3-11(16)12(13)17/h2-3,6,8H,4-5,7H2,1H3,(H,18,20). The lowest BCUT2D eigenvalue weighted by molar-refractivity contribution is 0.00351. The number of hydrogen-bond donors (Lipinski definition) is 1. The summed E-state index contributed by atoms with van der Waals surface area (Å²) >= 11 is 5.70. The third-order valence-corrected chi connectivity index (χ3v) is 4.10. The van der Waals surface area contributed by atoms with Crippen LogP contribution in [-0.2, 0) is 4.74 Å². The number of hydrogen-bond acceptors (Lipinski definition) is 3. The molecule has 1 saturated heterocycles. The lowest BCUT2D eigenvalue weighted by Crippen LogP contribution is -2.48. The van der Waals surface area contributed by atoms with Crippen molar-refractivity contribution < 1.29 is 13.9 Å². The van der Waals surface area contributed by atoms with Crippen molar-refractivity contribution in [3.8, 4) is 0 Å². The quantitative estimate of drug-likeness (QED) is 0.874. The van der Waals surface area contributed by atoms with Crippen LogP contribution in [0.2, 0.25) is 5.02 Å². The van der Waals surface area contributed by atoms with Crippen LogP contribution in [0.5, 0.6) is 0 Å². The van der Waals surface area contributed by atoms with E-state index in [1.807, 2.05) is 6.92 Å². The maximum atomic E-state index is 13.9. The van der Waals surface area contributed by atoms with E-state index >= 15 is 0 Å². The molecule has 0 radical (unpaired) electrons. The van der Waals surface area contributed by atoms with Gasteiger partial charge in [0.1, 0.15) is 5.56 Å². The number of benzene rings is 1. The molecule has 5 nitrogen and oxygen atoms in total. The molecule has 3 rings (SSSR count). The van der Waals surface area contributed by atoms with Gasteiger partial charge in [-0.25, -0.2) is 4.39 Å². The molecular weight excluding hydrogens is 311 g/mol. The van der Waals surface area contributed by atoms with Crippen LogP contribution in [0, 0.1) is 5.82 Å². The van der Waals surface area contributed by atoms with E-state index in [1.54, 1.807) is 4.90 Å². The van der Waals surface area contributed by atoms with Gasteiger partial charge in [0.05, 0.1) is 29.8 Å². The Balaban J connectivity index is 2.08. The molecule has 0 aliphatic carbocycles. The summed E-state index contributed by atoms with van der Waals surface area (Å²) in [5.74, 6) is -1.08. The SMILES string of the molecule is CC1COCCN1C(=O)c1c[nH]c2c(F)c(Cl)ccc2c1=O. The summed E-state index contributed by atoms with van der Waals surface area (Å²) in [5, 5.41) is 0.0256. The normalized spacial score (nSPS) is 18.7. The van der Waals surface area contributed by atoms with Gasteiger partial charge in [0.15, 0.2) is 5.82 Å². The average Bonchev–Trinajstić information content (AvgIpc) is 2.51. The van der Waals surface area contributed by atoms with Gasteiger partial charge in [0, 0.05) is 18.1 Å². The number of carbonyl (C=O) groups is 1. The Bertz CT molecular complexity index is 805. The maximum absolute atomic E-state index is 13.9. The highest BCUT2D eigenvalue weighted by atomic mass is 35.5. The van der Waals surface area contributed by atoms with Crippen LogP contribution in [0.1, 0.15) is 17.3 Å². The summed E-state index contributed by atoms with van der Waals surface area (Å²) in [5.41, 5.74) is -0.514. The zero-order valence-corrected chi connectivity index (χ0v) is 12.6. The van der Waals surface area contributed by atoms with Gasteiger partial charge in [0.25, 0.3) is 5.91 Å².